The molecule has 0 N–H and O–H groups in total. The Labute approximate surface area is 99.6 Å². The van der Waals surface area contributed by atoms with Gasteiger partial charge < -0.3 is 9.47 Å². The van der Waals surface area contributed by atoms with E-state index < -0.39 is 0 Å². The van der Waals surface area contributed by atoms with Crippen LogP contribution >= 0.6 is 0 Å². The van der Waals surface area contributed by atoms with Crippen LogP contribution in [0.2, 0.25) is 0 Å². The molecule has 2 nitrogen and oxygen atoms in total. The minimum absolute atomic E-state index is 0.252. The highest BCUT2D eigenvalue weighted by Crippen LogP contribution is 2.31. The molecule has 0 bridgehead atoms. The van der Waals surface area contributed by atoms with Crippen LogP contribution in [0.25, 0.3) is 11.1 Å². The second-order valence-electron chi connectivity index (χ2n) is 3.50. The molecule has 0 amide bonds. The van der Waals surface area contributed by atoms with Crippen LogP contribution < -0.4 is 9.47 Å². The fourth-order valence-electron chi connectivity index (χ4n) is 1.58. The Morgan fingerprint density at radius 2 is 1.71 bits per heavy atom. The van der Waals surface area contributed by atoms with Crippen LogP contribution in [0.5, 0.6) is 11.5 Å². The summed E-state index contributed by atoms with van der Waals surface area (Å²) in [6.45, 7) is 0. The van der Waals surface area contributed by atoms with Crippen LogP contribution in [0.15, 0.2) is 36.4 Å². The first-order valence-electron chi connectivity index (χ1n) is 5.14. The van der Waals surface area contributed by atoms with Crippen molar-refractivity contribution in [1.29, 1.82) is 0 Å². The molecule has 0 aliphatic carbocycles. The SMILES string of the molecule is COc1[c]cc(-c2ccc(F)cc2)cc1OC. The average Bonchev–Trinajstić information content (AvgIpc) is 2.39. The van der Waals surface area contributed by atoms with Crippen LogP contribution in [-0.2, 0) is 0 Å². The first-order valence-corrected chi connectivity index (χ1v) is 5.14. The van der Waals surface area contributed by atoms with Gasteiger partial charge in [-0.3, -0.25) is 0 Å². The minimum atomic E-state index is -0.252. The molecule has 3 heteroatoms. The lowest BCUT2D eigenvalue weighted by Gasteiger charge is -2.09. The molecule has 0 atom stereocenters. The van der Waals surface area contributed by atoms with Crippen molar-refractivity contribution in [3.8, 4) is 22.6 Å². The van der Waals surface area contributed by atoms with E-state index in [1.54, 1.807) is 32.4 Å². The summed E-state index contributed by atoms with van der Waals surface area (Å²) in [6.07, 6.45) is 0. The summed E-state index contributed by atoms with van der Waals surface area (Å²) in [7, 11) is 3.13. The highest BCUT2D eigenvalue weighted by molar-refractivity contribution is 5.66. The second-order valence-corrected chi connectivity index (χ2v) is 3.50. The molecule has 0 unspecified atom stereocenters. The Bertz CT molecular complexity index is 506. The summed E-state index contributed by atoms with van der Waals surface area (Å²) in [4.78, 5) is 0. The smallest absolute Gasteiger partial charge is 0.168 e. The number of hydrogen-bond donors (Lipinski definition) is 0. The summed E-state index contributed by atoms with van der Waals surface area (Å²) >= 11 is 0. The lowest BCUT2D eigenvalue weighted by Crippen LogP contribution is -1.91. The first-order chi connectivity index (χ1) is 8.24. The maximum atomic E-state index is 12.8. The van der Waals surface area contributed by atoms with E-state index in [1.807, 2.05) is 6.07 Å². The maximum absolute atomic E-state index is 12.8. The van der Waals surface area contributed by atoms with Crippen molar-refractivity contribution in [3.63, 3.8) is 0 Å². The molecule has 0 aliphatic rings. The van der Waals surface area contributed by atoms with Gasteiger partial charge in [-0.15, -0.1) is 0 Å². The average molecular weight is 231 g/mol. The second kappa shape index (κ2) is 4.87. The highest BCUT2D eigenvalue weighted by Gasteiger charge is 2.06. The lowest BCUT2D eigenvalue weighted by molar-refractivity contribution is 0.354. The number of halogens is 1. The molecular formula is C14H12FO2. The predicted octanol–water partition coefficient (Wildman–Crippen LogP) is 3.31. The lowest BCUT2D eigenvalue weighted by atomic mass is 10.1. The molecular weight excluding hydrogens is 219 g/mol. The van der Waals surface area contributed by atoms with Gasteiger partial charge in [0.2, 0.25) is 0 Å². The van der Waals surface area contributed by atoms with Gasteiger partial charge in [-0.1, -0.05) is 12.1 Å². The Balaban J connectivity index is 2.42. The third-order valence-corrected chi connectivity index (χ3v) is 2.47. The number of methoxy groups -OCH3 is 2. The highest BCUT2D eigenvalue weighted by atomic mass is 19.1. The van der Waals surface area contributed by atoms with Crippen molar-refractivity contribution < 1.29 is 13.9 Å². The maximum Gasteiger partial charge on any atom is 0.168 e. The number of rotatable bonds is 3. The minimum Gasteiger partial charge on any atom is -0.493 e. The fourth-order valence-corrected chi connectivity index (χ4v) is 1.58. The van der Waals surface area contributed by atoms with Gasteiger partial charge in [0.05, 0.1) is 14.2 Å². The van der Waals surface area contributed by atoms with Crippen LogP contribution in [0, 0.1) is 11.9 Å². The van der Waals surface area contributed by atoms with E-state index in [0.29, 0.717) is 11.5 Å². The van der Waals surface area contributed by atoms with Gasteiger partial charge in [-0.25, -0.2) is 4.39 Å². The Hall–Kier alpha value is -2.03. The van der Waals surface area contributed by atoms with E-state index >= 15 is 0 Å². The molecule has 0 spiro atoms. The Morgan fingerprint density at radius 3 is 2.29 bits per heavy atom. The normalized spacial score (nSPS) is 10.1. The molecule has 0 aromatic heterocycles. The molecule has 1 radical (unpaired) electrons. The van der Waals surface area contributed by atoms with E-state index in [2.05, 4.69) is 6.07 Å². The van der Waals surface area contributed by atoms with E-state index in [-0.39, 0.29) is 5.82 Å². The van der Waals surface area contributed by atoms with E-state index in [4.69, 9.17) is 9.47 Å². The number of benzene rings is 2. The number of hydrogen-bond acceptors (Lipinski definition) is 2. The zero-order valence-electron chi connectivity index (χ0n) is 9.66. The van der Waals surface area contributed by atoms with Gasteiger partial charge in [-0.2, -0.15) is 0 Å². The van der Waals surface area contributed by atoms with Crippen LogP contribution in [0.1, 0.15) is 0 Å². The molecule has 2 aromatic rings. The van der Waals surface area contributed by atoms with Crippen molar-refractivity contribution >= 4 is 0 Å². The molecule has 2 rings (SSSR count). The van der Waals surface area contributed by atoms with Gasteiger partial charge in [0.25, 0.3) is 0 Å². The molecule has 87 valence electrons. The molecule has 0 saturated heterocycles. The third kappa shape index (κ3) is 2.38. The standard InChI is InChI=1S/C14H12FO2/c1-16-13-8-5-11(9-14(13)17-2)10-3-6-12(15)7-4-10/h3-7,9H,1-2H3. The molecule has 17 heavy (non-hydrogen) atoms. The fraction of sp³-hybridized carbons (Fsp3) is 0.143. The van der Waals surface area contributed by atoms with Gasteiger partial charge in [0, 0.05) is 6.07 Å². The monoisotopic (exact) mass is 231 g/mol. The van der Waals surface area contributed by atoms with E-state index in [0.717, 1.165) is 11.1 Å². The summed E-state index contributed by atoms with van der Waals surface area (Å²) in [5.74, 6) is 0.908. The summed E-state index contributed by atoms with van der Waals surface area (Å²) < 4.78 is 23.1. The van der Waals surface area contributed by atoms with Crippen molar-refractivity contribution in [2.45, 2.75) is 0 Å². The van der Waals surface area contributed by atoms with Crippen molar-refractivity contribution in [1.82, 2.24) is 0 Å². The van der Waals surface area contributed by atoms with E-state index in [9.17, 15) is 4.39 Å². The topological polar surface area (TPSA) is 18.5 Å². The zero-order valence-corrected chi connectivity index (χ0v) is 9.66. The molecule has 0 aliphatic heterocycles. The van der Waals surface area contributed by atoms with Gasteiger partial charge in [0.15, 0.2) is 11.5 Å². The van der Waals surface area contributed by atoms with Crippen molar-refractivity contribution in [2.24, 2.45) is 0 Å². The van der Waals surface area contributed by atoms with Crippen LogP contribution in [0.4, 0.5) is 4.39 Å². The summed E-state index contributed by atoms with van der Waals surface area (Å²) in [5.41, 5.74) is 1.81. The molecule has 2 aromatic carbocycles. The van der Waals surface area contributed by atoms with E-state index in [1.165, 1.54) is 12.1 Å². The van der Waals surface area contributed by atoms with Crippen LogP contribution in [-0.4, -0.2) is 14.2 Å². The zero-order chi connectivity index (χ0) is 12.3. The predicted molar refractivity (Wildman–Crippen MR) is 63.8 cm³/mol. The quantitative estimate of drug-likeness (QED) is 0.806. The third-order valence-electron chi connectivity index (χ3n) is 2.47. The largest absolute Gasteiger partial charge is 0.493 e. The Kier molecular flexibility index (Phi) is 3.28. The van der Waals surface area contributed by atoms with Gasteiger partial charge in [0.1, 0.15) is 5.82 Å². The Morgan fingerprint density at radius 1 is 1.00 bits per heavy atom. The molecule has 0 heterocycles. The van der Waals surface area contributed by atoms with Crippen LogP contribution in [0.3, 0.4) is 0 Å². The first kappa shape index (κ1) is 11.5. The molecule has 0 fully saturated rings. The van der Waals surface area contributed by atoms with Gasteiger partial charge >= 0.3 is 0 Å². The summed E-state index contributed by atoms with van der Waals surface area (Å²) in [5, 5.41) is 0. The molecule has 0 saturated carbocycles. The van der Waals surface area contributed by atoms with Crippen molar-refractivity contribution in [2.75, 3.05) is 14.2 Å². The number of ether oxygens (including phenoxy) is 2. The van der Waals surface area contributed by atoms with Gasteiger partial charge in [-0.05, 0) is 35.4 Å². The van der Waals surface area contributed by atoms with Crippen molar-refractivity contribution in [3.05, 3.63) is 48.3 Å². The summed E-state index contributed by atoms with van der Waals surface area (Å²) in [6, 6.07) is 12.9.